The van der Waals surface area contributed by atoms with Crippen LogP contribution in [0.25, 0.3) is 0 Å². The molecule has 98 valence electrons. The smallest absolute Gasteiger partial charge is 0.0588 e. The van der Waals surface area contributed by atoms with Crippen molar-refractivity contribution in [1.29, 1.82) is 0 Å². The molecule has 0 aliphatic rings. The van der Waals surface area contributed by atoms with Crippen molar-refractivity contribution in [3.63, 3.8) is 0 Å². The Hall–Kier alpha value is -0.380. The molecular weight excluding hydrogens is 228 g/mol. The Bertz CT molecular complexity index is 349. The van der Waals surface area contributed by atoms with Gasteiger partial charge in [0.2, 0.25) is 0 Å². The molecule has 0 saturated heterocycles. The monoisotopic (exact) mass is 254 g/mol. The molecule has 17 heavy (non-hydrogen) atoms. The summed E-state index contributed by atoms with van der Waals surface area (Å²) in [6, 6.07) is 4.88. The minimum Gasteiger partial charge on any atom is -0.326 e. The highest BCUT2D eigenvalue weighted by atomic mass is 32.1. The number of nitrogens with zero attached hydrogens (tertiary/aromatic N) is 1. The first-order chi connectivity index (χ1) is 7.70. The van der Waals surface area contributed by atoms with Crippen LogP contribution in [0.2, 0.25) is 0 Å². The Morgan fingerprint density at radius 2 is 1.94 bits per heavy atom. The summed E-state index contributed by atoms with van der Waals surface area (Å²) in [6.07, 6.45) is 0. The summed E-state index contributed by atoms with van der Waals surface area (Å²) in [5.41, 5.74) is 6.46. The molecule has 1 rings (SSSR count). The zero-order chi connectivity index (χ0) is 13.2. The average Bonchev–Trinajstić information content (AvgIpc) is 2.47. The normalized spacial score (nSPS) is 16.2. The van der Waals surface area contributed by atoms with Crippen molar-refractivity contribution < 1.29 is 0 Å². The zero-order valence-electron chi connectivity index (χ0n) is 11.9. The molecule has 1 aromatic rings. The van der Waals surface area contributed by atoms with Crippen LogP contribution >= 0.6 is 11.3 Å². The summed E-state index contributed by atoms with van der Waals surface area (Å²) >= 11 is 1.86. The molecule has 1 aromatic heterocycles. The third-order valence-electron chi connectivity index (χ3n) is 2.75. The van der Waals surface area contributed by atoms with Gasteiger partial charge in [0.05, 0.1) is 6.04 Å². The number of rotatable bonds is 4. The van der Waals surface area contributed by atoms with E-state index in [0.29, 0.717) is 11.5 Å². The van der Waals surface area contributed by atoms with Crippen molar-refractivity contribution in [2.24, 2.45) is 11.1 Å². The summed E-state index contributed by atoms with van der Waals surface area (Å²) in [7, 11) is 2.17. The summed E-state index contributed by atoms with van der Waals surface area (Å²) < 4.78 is 0. The molecule has 0 aromatic carbocycles. The van der Waals surface area contributed by atoms with Gasteiger partial charge in [0.25, 0.3) is 0 Å². The van der Waals surface area contributed by atoms with Crippen LogP contribution in [0.3, 0.4) is 0 Å². The van der Waals surface area contributed by atoms with Crippen molar-refractivity contribution in [3.8, 4) is 0 Å². The minimum absolute atomic E-state index is 0.153. The maximum atomic E-state index is 6.16. The van der Waals surface area contributed by atoms with Crippen LogP contribution in [-0.4, -0.2) is 24.5 Å². The Labute approximate surface area is 110 Å². The Morgan fingerprint density at radius 1 is 1.35 bits per heavy atom. The molecule has 2 nitrogen and oxygen atoms in total. The molecular formula is C14H26N2S. The van der Waals surface area contributed by atoms with Crippen molar-refractivity contribution >= 4 is 11.3 Å². The van der Waals surface area contributed by atoms with Gasteiger partial charge in [0.15, 0.2) is 0 Å². The average molecular weight is 254 g/mol. The quantitative estimate of drug-likeness (QED) is 0.892. The van der Waals surface area contributed by atoms with E-state index in [9.17, 15) is 0 Å². The Kier molecular flexibility index (Phi) is 4.76. The topological polar surface area (TPSA) is 29.3 Å². The number of hydrogen-bond donors (Lipinski definition) is 1. The van der Waals surface area contributed by atoms with Crippen LogP contribution in [0.1, 0.15) is 43.5 Å². The predicted molar refractivity (Wildman–Crippen MR) is 77.5 cm³/mol. The van der Waals surface area contributed by atoms with Gasteiger partial charge in [-0.15, -0.1) is 11.3 Å². The number of likely N-dealkylation sites (N-methyl/N-ethyl adjacent to an activating group) is 1. The molecule has 0 bridgehead atoms. The molecule has 0 spiro atoms. The van der Waals surface area contributed by atoms with Crippen molar-refractivity contribution in [3.05, 3.63) is 21.9 Å². The van der Waals surface area contributed by atoms with Crippen LogP contribution in [0.15, 0.2) is 12.1 Å². The van der Waals surface area contributed by atoms with Gasteiger partial charge in [0, 0.05) is 22.3 Å². The summed E-state index contributed by atoms with van der Waals surface area (Å²) in [4.78, 5) is 5.12. The van der Waals surface area contributed by atoms with E-state index in [2.05, 4.69) is 58.7 Å². The molecule has 3 heteroatoms. The van der Waals surface area contributed by atoms with Crippen molar-refractivity contribution in [2.45, 2.75) is 46.7 Å². The lowest BCUT2D eigenvalue weighted by Crippen LogP contribution is -2.40. The van der Waals surface area contributed by atoms with E-state index in [4.69, 9.17) is 5.73 Å². The van der Waals surface area contributed by atoms with Crippen molar-refractivity contribution in [2.75, 3.05) is 13.6 Å². The van der Waals surface area contributed by atoms with Gasteiger partial charge in [-0.25, -0.2) is 0 Å². The fourth-order valence-corrected chi connectivity index (χ4v) is 3.50. The molecule has 2 N–H and O–H groups in total. The van der Waals surface area contributed by atoms with Gasteiger partial charge in [-0.2, -0.15) is 0 Å². The first-order valence-electron chi connectivity index (χ1n) is 6.23. The Morgan fingerprint density at radius 3 is 2.29 bits per heavy atom. The lowest BCUT2D eigenvalue weighted by Gasteiger charge is -2.35. The molecule has 2 atom stereocenters. The molecule has 0 radical (unpaired) electrons. The maximum Gasteiger partial charge on any atom is 0.0588 e. The van der Waals surface area contributed by atoms with E-state index in [-0.39, 0.29) is 6.04 Å². The maximum absolute atomic E-state index is 6.16. The van der Waals surface area contributed by atoms with E-state index in [1.165, 1.54) is 9.75 Å². The van der Waals surface area contributed by atoms with E-state index < -0.39 is 0 Å². The lowest BCUT2D eigenvalue weighted by atomic mass is 9.94. The standard InChI is InChI=1S/C14H26N2S/c1-10-7-8-12(17-10)13(11(2)15)16(6)9-14(3,4)5/h7-8,11,13H,9,15H2,1-6H3. The number of hydrogen-bond acceptors (Lipinski definition) is 3. The van der Waals surface area contributed by atoms with E-state index >= 15 is 0 Å². The van der Waals surface area contributed by atoms with Crippen LogP contribution in [-0.2, 0) is 0 Å². The summed E-state index contributed by atoms with van der Waals surface area (Å²) in [6.45, 7) is 12.1. The zero-order valence-corrected chi connectivity index (χ0v) is 12.8. The second-order valence-corrected chi connectivity index (χ2v) is 7.55. The number of thiophene rings is 1. The second kappa shape index (κ2) is 5.51. The molecule has 0 amide bonds. The van der Waals surface area contributed by atoms with Gasteiger partial charge >= 0.3 is 0 Å². The third kappa shape index (κ3) is 4.41. The van der Waals surface area contributed by atoms with Gasteiger partial charge in [-0.3, -0.25) is 4.90 Å². The fourth-order valence-electron chi connectivity index (χ4n) is 2.34. The van der Waals surface area contributed by atoms with Crippen LogP contribution in [0.5, 0.6) is 0 Å². The lowest BCUT2D eigenvalue weighted by molar-refractivity contribution is 0.159. The first kappa shape index (κ1) is 14.7. The van der Waals surface area contributed by atoms with Gasteiger partial charge in [-0.05, 0) is 38.4 Å². The summed E-state index contributed by atoms with van der Waals surface area (Å²) in [5.74, 6) is 0. The minimum atomic E-state index is 0.153. The SMILES string of the molecule is Cc1ccc(C(C(C)N)N(C)CC(C)(C)C)s1. The van der Waals surface area contributed by atoms with E-state index in [0.717, 1.165) is 6.54 Å². The van der Waals surface area contributed by atoms with E-state index in [1.807, 2.05) is 11.3 Å². The van der Waals surface area contributed by atoms with Gasteiger partial charge in [-0.1, -0.05) is 20.8 Å². The van der Waals surface area contributed by atoms with E-state index in [1.54, 1.807) is 0 Å². The first-order valence-corrected chi connectivity index (χ1v) is 7.04. The molecule has 2 unspecified atom stereocenters. The second-order valence-electron chi connectivity index (χ2n) is 6.23. The van der Waals surface area contributed by atoms with Crippen LogP contribution < -0.4 is 5.73 Å². The molecule has 0 aliphatic carbocycles. The van der Waals surface area contributed by atoms with Gasteiger partial charge < -0.3 is 5.73 Å². The molecule has 0 fully saturated rings. The third-order valence-corrected chi connectivity index (χ3v) is 3.82. The number of nitrogens with two attached hydrogens (primary N) is 1. The highest BCUT2D eigenvalue weighted by molar-refractivity contribution is 7.12. The predicted octanol–water partition coefficient (Wildman–Crippen LogP) is 3.42. The molecule has 1 heterocycles. The van der Waals surface area contributed by atoms with Crippen molar-refractivity contribution in [1.82, 2.24) is 4.90 Å². The highest BCUT2D eigenvalue weighted by Gasteiger charge is 2.25. The largest absolute Gasteiger partial charge is 0.326 e. The number of aryl methyl sites for hydroxylation is 1. The van der Waals surface area contributed by atoms with Crippen LogP contribution in [0.4, 0.5) is 0 Å². The van der Waals surface area contributed by atoms with Gasteiger partial charge in [0.1, 0.15) is 0 Å². The molecule has 0 saturated carbocycles. The fraction of sp³-hybridized carbons (Fsp3) is 0.714. The highest BCUT2D eigenvalue weighted by Crippen LogP contribution is 2.30. The Balaban J connectivity index is 2.86. The summed E-state index contributed by atoms with van der Waals surface area (Å²) in [5, 5.41) is 0. The van der Waals surface area contributed by atoms with Crippen LogP contribution in [0, 0.1) is 12.3 Å². The molecule has 0 aliphatic heterocycles.